The Morgan fingerprint density at radius 1 is 1.53 bits per heavy atom. The lowest BCUT2D eigenvalue weighted by molar-refractivity contribution is 0.299. The van der Waals surface area contributed by atoms with Crippen molar-refractivity contribution in [3.8, 4) is 5.75 Å². The van der Waals surface area contributed by atoms with Crippen LogP contribution >= 0.6 is 11.8 Å². The van der Waals surface area contributed by atoms with E-state index in [1.54, 1.807) is 7.11 Å². The maximum Gasteiger partial charge on any atom is 0.119 e. The van der Waals surface area contributed by atoms with E-state index in [4.69, 9.17) is 4.74 Å². The molecule has 0 heterocycles. The van der Waals surface area contributed by atoms with E-state index in [9.17, 15) is 5.11 Å². The fraction of sp³-hybridized carbons (Fsp3) is 0.600. The second-order valence-electron chi connectivity index (χ2n) is 4.97. The van der Waals surface area contributed by atoms with Crippen molar-refractivity contribution in [3.63, 3.8) is 0 Å². The van der Waals surface area contributed by atoms with Crippen LogP contribution < -0.4 is 10.1 Å². The van der Waals surface area contributed by atoms with Crippen LogP contribution in [0.3, 0.4) is 0 Å². The minimum atomic E-state index is 0.236. The van der Waals surface area contributed by atoms with Crippen molar-refractivity contribution in [1.82, 2.24) is 5.32 Å². The monoisotopic (exact) mass is 281 g/mol. The van der Waals surface area contributed by atoms with Crippen LogP contribution in [0, 0.1) is 0 Å². The van der Waals surface area contributed by atoms with E-state index in [0.717, 1.165) is 18.7 Å². The molecule has 4 heteroatoms. The smallest absolute Gasteiger partial charge is 0.119 e. The number of hydrogen-bond acceptors (Lipinski definition) is 4. The number of hydrogen-bond donors (Lipinski definition) is 2. The van der Waals surface area contributed by atoms with Crippen LogP contribution in [-0.4, -0.2) is 35.9 Å². The summed E-state index contributed by atoms with van der Waals surface area (Å²) in [5.41, 5.74) is 2.75. The van der Waals surface area contributed by atoms with E-state index in [1.807, 2.05) is 17.8 Å². The van der Waals surface area contributed by atoms with Gasteiger partial charge in [-0.2, -0.15) is 11.8 Å². The summed E-state index contributed by atoms with van der Waals surface area (Å²) in [5.74, 6) is 0.919. The first-order chi connectivity index (χ1) is 9.19. The van der Waals surface area contributed by atoms with Gasteiger partial charge in [-0.3, -0.25) is 0 Å². The number of aliphatic hydroxyl groups is 1. The quantitative estimate of drug-likeness (QED) is 0.840. The second kappa shape index (κ2) is 6.64. The minimum Gasteiger partial charge on any atom is -0.497 e. The minimum absolute atomic E-state index is 0.236. The summed E-state index contributed by atoms with van der Waals surface area (Å²) in [6.07, 6.45) is 1.06. The fourth-order valence-corrected chi connectivity index (χ4v) is 4.00. The lowest BCUT2D eigenvalue weighted by Crippen LogP contribution is -2.28. The van der Waals surface area contributed by atoms with Crippen molar-refractivity contribution >= 4 is 11.8 Å². The highest BCUT2D eigenvalue weighted by atomic mass is 32.2. The summed E-state index contributed by atoms with van der Waals surface area (Å²) < 4.78 is 5.33. The molecule has 1 aromatic rings. The standard InChI is InChI=1S/C15H23NO2S/c1-4-16-15-13-8-12(18-3)6-5-11(13)7-14(15)19-10(2)9-17/h5-6,8,10,14-17H,4,7,9H2,1-3H3. The topological polar surface area (TPSA) is 41.5 Å². The SMILES string of the molecule is CCNC1c2cc(OC)ccc2CC1SC(C)CO. The summed E-state index contributed by atoms with van der Waals surface area (Å²) in [4.78, 5) is 0. The number of fused-ring (bicyclic) bond motifs is 1. The maximum atomic E-state index is 9.25. The molecule has 1 aromatic carbocycles. The first-order valence-corrected chi connectivity index (χ1v) is 7.80. The third-order valence-electron chi connectivity index (χ3n) is 3.57. The molecule has 1 aliphatic rings. The van der Waals surface area contributed by atoms with Gasteiger partial charge in [0.15, 0.2) is 0 Å². The Balaban J connectivity index is 2.21. The summed E-state index contributed by atoms with van der Waals surface area (Å²) in [7, 11) is 1.71. The van der Waals surface area contributed by atoms with Crippen molar-refractivity contribution in [2.24, 2.45) is 0 Å². The number of methoxy groups -OCH3 is 1. The molecule has 1 aliphatic carbocycles. The molecule has 0 aromatic heterocycles. The number of thioether (sulfide) groups is 1. The zero-order valence-electron chi connectivity index (χ0n) is 11.8. The van der Waals surface area contributed by atoms with Crippen molar-refractivity contribution in [3.05, 3.63) is 29.3 Å². The first kappa shape index (κ1) is 14.7. The molecule has 2 N–H and O–H groups in total. The molecule has 3 nitrogen and oxygen atoms in total. The van der Waals surface area contributed by atoms with Crippen LogP contribution in [0.5, 0.6) is 5.75 Å². The van der Waals surface area contributed by atoms with Crippen LogP contribution in [0.15, 0.2) is 18.2 Å². The van der Waals surface area contributed by atoms with Crippen molar-refractivity contribution in [1.29, 1.82) is 0 Å². The molecule has 0 saturated carbocycles. The Labute approximate surface area is 119 Å². The van der Waals surface area contributed by atoms with E-state index in [-0.39, 0.29) is 11.9 Å². The predicted octanol–water partition coefficient (Wildman–Crippen LogP) is 2.38. The van der Waals surface area contributed by atoms with Gasteiger partial charge >= 0.3 is 0 Å². The van der Waals surface area contributed by atoms with Crippen LogP contribution in [0.2, 0.25) is 0 Å². The van der Waals surface area contributed by atoms with Crippen molar-refractivity contribution < 1.29 is 9.84 Å². The number of nitrogens with one attached hydrogen (secondary N) is 1. The normalized spacial score (nSPS) is 23.2. The van der Waals surface area contributed by atoms with Crippen molar-refractivity contribution in [2.75, 3.05) is 20.3 Å². The maximum absolute atomic E-state index is 9.25. The summed E-state index contributed by atoms with van der Waals surface area (Å²) in [6.45, 7) is 5.40. The van der Waals surface area contributed by atoms with Gasteiger partial charge in [-0.15, -0.1) is 0 Å². The average Bonchev–Trinajstić information content (AvgIpc) is 2.76. The van der Waals surface area contributed by atoms with E-state index in [0.29, 0.717) is 11.3 Å². The zero-order valence-corrected chi connectivity index (χ0v) is 12.7. The van der Waals surface area contributed by atoms with Crippen LogP contribution in [-0.2, 0) is 6.42 Å². The molecule has 0 radical (unpaired) electrons. The molecule has 106 valence electrons. The molecule has 3 atom stereocenters. The number of ether oxygens (including phenoxy) is 1. The third-order valence-corrected chi connectivity index (χ3v) is 4.97. The van der Waals surface area contributed by atoms with Gasteiger partial charge in [-0.1, -0.05) is 19.9 Å². The highest BCUT2D eigenvalue weighted by Gasteiger charge is 2.33. The third kappa shape index (κ3) is 3.25. The highest BCUT2D eigenvalue weighted by Crippen LogP contribution is 2.41. The Bertz CT molecular complexity index is 425. The zero-order chi connectivity index (χ0) is 13.8. The molecular formula is C15H23NO2S. The largest absolute Gasteiger partial charge is 0.497 e. The van der Waals surface area contributed by atoms with E-state index in [1.165, 1.54) is 11.1 Å². The fourth-order valence-electron chi connectivity index (χ4n) is 2.64. The molecule has 0 saturated heterocycles. The van der Waals surface area contributed by atoms with Crippen LogP contribution in [0.4, 0.5) is 0 Å². The predicted molar refractivity (Wildman–Crippen MR) is 81.0 cm³/mol. The van der Waals surface area contributed by atoms with Gasteiger partial charge in [-0.25, -0.2) is 0 Å². The number of rotatable bonds is 6. The molecule has 19 heavy (non-hydrogen) atoms. The Kier molecular flexibility index (Phi) is 5.13. The molecule has 0 aliphatic heterocycles. The van der Waals surface area contributed by atoms with Gasteiger partial charge in [0.1, 0.15) is 5.75 Å². The Hall–Kier alpha value is -0.710. The highest BCUT2D eigenvalue weighted by molar-refractivity contribution is 8.00. The van der Waals surface area contributed by atoms with Gasteiger partial charge in [0.25, 0.3) is 0 Å². The lowest BCUT2D eigenvalue weighted by atomic mass is 10.1. The molecule has 0 spiro atoms. The van der Waals surface area contributed by atoms with Gasteiger partial charge in [0.2, 0.25) is 0 Å². The molecular weight excluding hydrogens is 258 g/mol. The van der Waals surface area contributed by atoms with Gasteiger partial charge in [0, 0.05) is 16.5 Å². The Morgan fingerprint density at radius 2 is 2.32 bits per heavy atom. The molecule has 2 rings (SSSR count). The van der Waals surface area contributed by atoms with E-state index < -0.39 is 0 Å². The second-order valence-corrected chi connectivity index (χ2v) is 6.65. The molecule has 0 fully saturated rings. The number of aliphatic hydroxyl groups excluding tert-OH is 1. The molecule has 0 amide bonds. The first-order valence-electron chi connectivity index (χ1n) is 6.86. The van der Waals surface area contributed by atoms with Gasteiger partial charge in [0.05, 0.1) is 13.7 Å². The van der Waals surface area contributed by atoms with E-state index in [2.05, 4.69) is 31.3 Å². The summed E-state index contributed by atoms with van der Waals surface area (Å²) >= 11 is 1.87. The average molecular weight is 281 g/mol. The van der Waals surface area contributed by atoms with Gasteiger partial charge in [-0.05, 0) is 36.2 Å². The molecule has 0 bridgehead atoms. The Morgan fingerprint density at radius 3 is 2.95 bits per heavy atom. The van der Waals surface area contributed by atoms with Crippen LogP contribution in [0.25, 0.3) is 0 Å². The van der Waals surface area contributed by atoms with Crippen molar-refractivity contribution in [2.45, 2.75) is 36.8 Å². The van der Waals surface area contributed by atoms with Gasteiger partial charge < -0.3 is 15.2 Å². The lowest BCUT2D eigenvalue weighted by Gasteiger charge is -2.23. The number of benzene rings is 1. The van der Waals surface area contributed by atoms with Crippen LogP contribution in [0.1, 0.15) is 31.0 Å². The van der Waals surface area contributed by atoms with E-state index >= 15 is 0 Å². The summed E-state index contributed by atoms with van der Waals surface area (Å²) in [6, 6.07) is 6.70. The summed E-state index contributed by atoms with van der Waals surface area (Å²) in [5, 5.41) is 13.6. The molecule has 3 unspecified atom stereocenters.